The zero-order chi connectivity index (χ0) is 25.2. The molecule has 5 rings (SSSR count). The Kier molecular flexibility index (Phi) is 6.23. The van der Waals surface area contributed by atoms with Gasteiger partial charge in [-0.15, -0.1) is 0 Å². The minimum Gasteiger partial charge on any atom is -0.488 e. The van der Waals surface area contributed by atoms with Crippen molar-refractivity contribution in [1.29, 1.82) is 0 Å². The topological polar surface area (TPSA) is 75.7 Å². The van der Waals surface area contributed by atoms with Crippen molar-refractivity contribution in [2.24, 2.45) is 0 Å². The van der Waals surface area contributed by atoms with Crippen molar-refractivity contribution in [3.8, 4) is 5.75 Å². The van der Waals surface area contributed by atoms with Crippen LogP contribution in [0.1, 0.15) is 11.1 Å². The standard InChI is InChI=1S/C28H18ClFN2O4/c29-22-10-4-2-8-18(22)16-36-25-14-13-17-7-1-3-9-19(17)20(25)15-21-26(33)31-28(35)32(27(21)34)24-12-6-5-11-23(24)30/h1-15H,16H2,(H,31,33,35)/b21-15-. The molecule has 1 fully saturated rings. The van der Waals surface area contributed by atoms with Gasteiger partial charge in [-0.1, -0.05) is 72.3 Å². The number of barbiturate groups is 1. The molecule has 0 atom stereocenters. The normalized spacial score (nSPS) is 14.9. The van der Waals surface area contributed by atoms with Crippen molar-refractivity contribution in [2.45, 2.75) is 6.61 Å². The number of nitrogens with one attached hydrogen (secondary N) is 1. The molecule has 1 heterocycles. The first-order valence-electron chi connectivity index (χ1n) is 11.0. The van der Waals surface area contributed by atoms with E-state index in [1.807, 2.05) is 48.5 Å². The molecule has 0 aromatic heterocycles. The number of urea groups is 1. The van der Waals surface area contributed by atoms with Gasteiger partial charge in [0.1, 0.15) is 23.7 Å². The van der Waals surface area contributed by atoms with Crippen molar-refractivity contribution in [2.75, 3.05) is 4.90 Å². The summed E-state index contributed by atoms with van der Waals surface area (Å²) in [7, 11) is 0. The number of ether oxygens (including phenoxy) is 1. The van der Waals surface area contributed by atoms with Gasteiger partial charge in [-0.3, -0.25) is 14.9 Å². The van der Waals surface area contributed by atoms with E-state index in [-0.39, 0.29) is 17.9 Å². The maximum absolute atomic E-state index is 14.4. The van der Waals surface area contributed by atoms with E-state index in [4.69, 9.17) is 16.3 Å². The van der Waals surface area contributed by atoms with Crippen LogP contribution < -0.4 is 15.0 Å². The predicted octanol–water partition coefficient (Wildman–Crippen LogP) is 5.88. The minimum atomic E-state index is -1.03. The van der Waals surface area contributed by atoms with Gasteiger partial charge in [-0.05, 0) is 41.1 Å². The summed E-state index contributed by atoms with van der Waals surface area (Å²) in [5.41, 5.74) is 0.624. The molecule has 4 amide bonds. The number of hydrogen-bond acceptors (Lipinski definition) is 4. The molecule has 0 saturated carbocycles. The minimum absolute atomic E-state index is 0.147. The Bertz CT molecular complexity index is 1570. The van der Waals surface area contributed by atoms with Crippen LogP contribution in [0, 0.1) is 5.82 Å². The highest BCUT2D eigenvalue weighted by molar-refractivity contribution is 6.39. The molecule has 0 aliphatic carbocycles. The number of rotatable bonds is 5. The average Bonchev–Trinajstić information content (AvgIpc) is 2.87. The number of amides is 4. The fraction of sp³-hybridized carbons (Fsp3) is 0.0357. The largest absolute Gasteiger partial charge is 0.488 e. The van der Waals surface area contributed by atoms with E-state index in [1.165, 1.54) is 24.3 Å². The second-order valence-electron chi connectivity index (χ2n) is 7.99. The number of nitrogens with zero attached hydrogens (tertiary/aromatic N) is 1. The molecule has 0 unspecified atom stereocenters. The molecule has 1 N–H and O–H groups in total. The molecule has 4 aromatic carbocycles. The van der Waals surface area contributed by atoms with Crippen LogP contribution in [0.25, 0.3) is 16.8 Å². The monoisotopic (exact) mass is 500 g/mol. The summed E-state index contributed by atoms with van der Waals surface area (Å²) in [6, 6.07) is 22.5. The molecule has 178 valence electrons. The highest BCUT2D eigenvalue weighted by atomic mass is 35.5. The number of anilines is 1. The van der Waals surface area contributed by atoms with Gasteiger partial charge in [0, 0.05) is 16.1 Å². The molecule has 0 radical (unpaired) electrons. The lowest BCUT2D eigenvalue weighted by Crippen LogP contribution is -2.54. The zero-order valence-electron chi connectivity index (χ0n) is 18.7. The van der Waals surface area contributed by atoms with Crippen molar-refractivity contribution in [3.63, 3.8) is 0 Å². The van der Waals surface area contributed by atoms with Gasteiger partial charge in [0.25, 0.3) is 11.8 Å². The smallest absolute Gasteiger partial charge is 0.336 e. The summed E-state index contributed by atoms with van der Waals surface area (Å²) in [5, 5.41) is 4.23. The first-order valence-corrected chi connectivity index (χ1v) is 11.4. The van der Waals surface area contributed by atoms with Gasteiger partial charge >= 0.3 is 6.03 Å². The number of benzene rings is 4. The van der Waals surface area contributed by atoms with Crippen molar-refractivity contribution in [1.82, 2.24) is 5.32 Å². The maximum atomic E-state index is 14.4. The third-order valence-corrected chi connectivity index (χ3v) is 6.12. The lowest BCUT2D eigenvalue weighted by molar-refractivity contribution is -0.122. The van der Waals surface area contributed by atoms with Crippen molar-refractivity contribution >= 4 is 52.0 Å². The molecule has 0 spiro atoms. The van der Waals surface area contributed by atoms with E-state index in [9.17, 15) is 18.8 Å². The molecule has 4 aromatic rings. The van der Waals surface area contributed by atoms with Gasteiger partial charge in [0.05, 0.1) is 5.69 Å². The third-order valence-electron chi connectivity index (χ3n) is 5.76. The Labute approximate surface area is 210 Å². The first-order chi connectivity index (χ1) is 17.4. The number of carbonyl (C=O) groups is 3. The quantitative estimate of drug-likeness (QED) is 0.274. The lowest BCUT2D eigenvalue weighted by atomic mass is 9.99. The fourth-order valence-electron chi connectivity index (χ4n) is 3.97. The van der Waals surface area contributed by atoms with Crippen molar-refractivity contribution < 1.29 is 23.5 Å². The molecule has 1 saturated heterocycles. The van der Waals surface area contributed by atoms with E-state index in [0.717, 1.165) is 22.4 Å². The Morgan fingerprint density at radius 1 is 0.889 bits per heavy atom. The second-order valence-corrected chi connectivity index (χ2v) is 8.40. The number of carbonyl (C=O) groups excluding carboxylic acids is 3. The Morgan fingerprint density at radius 2 is 1.61 bits per heavy atom. The molecular weight excluding hydrogens is 483 g/mol. The zero-order valence-corrected chi connectivity index (χ0v) is 19.5. The summed E-state index contributed by atoms with van der Waals surface area (Å²) in [6.45, 7) is 0.147. The van der Waals surface area contributed by atoms with E-state index < -0.39 is 23.7 Å². The van der Waals surface area contributed by atoms with E-state index >= 15 is 0 Å². The van der Waals surface area contributed by atoms with Crippen LogP contribution in [0.4, 0.5) is 14.9 Å². The van der Waals surface area contributed by atoms with Gasteiger partial charge in [-0.25, -0.2) is 14.1 Å². The summed E-state index contributed by atoms with van der Waals surface area (Å²) in [5.74, 6) is -2.21. The van der Waals surface area contributed by atoms with Gasteiger partial charge in [-0.2, -0.15) is 0 Å². The molecule has 36 heavy (non-hydrogen) atoms. The van der Waals surface area contributed by atoms with Gasteiger partial charge in [0.2, 0.25) is 0 Å². The summed E-state index contributed by atoms with van der Waals surface area (Å²) >= 11 is 6.26. The van der Waals surface area contributed by atoms with Crippen LogP contribution >= 0.6 is 11.6 Å². The number of imide groups is 2. The van der Waals surface area contributed by atoms with Gasteiger partial charge in [0.15, 0.2) is 0 Å². The summed E-state index contributed by atoms with van der Waals surface area (Å²) < 4.78 is 20.5. The van der Waals surface area contributed by atoms with Crippen LogP contribution in [0.2, 0.25) is 5.02 Å². The maximum Gasteiger partial charge on any atom is 0.336 e. The molecular formula is C28H18ClFN2O4. The molecule has 6 nitrogen and oxygen atoms in total. The predicted molar refractivity (Wildman–Crippen MR) is 135 cm³/mol. The van der Waals surface area contributed by atoms with Gasteiger partial charge < -0.3 is 4.74 Å². The molecule has 1 aliphatic rings. The van der Waals surface area contributed by atoms with E-state index in [1.54, 1.807) is 12.1 Å². The van der Waals surface area contributed by atoms with Crippen molar-refractivity contribution in [3.05, 3.63) is 112 Å². The van der Waals surface area contributed by atoms with E-state index in [0.29, 0.717) is 21.2 Å². The van der Waals surface area contributed by atoms with Crippen LogP contribution in [0.5, 0.6) is 5.75 Å². The van der Waals surface area contributed by atoms with Crippen LogP contribution in [-0.2, 0) is 16.2 Å². The Hall–Kier alpha value is -4.49. The van der Waals surface area contributed by atoms with Crippen LogP contribution in [-0.4, -0.2) is 17.8 Å². The van der Waals surface area contributed by atoms with Crippen LogP contribution in [0.15, 0.2) is 90.5 Å². The number of halogens is 2. The highest BCUT2D eigenvalue weighted by Crippen LogP contribution is 2.33. The Morgan fingerprint density at radius 3 is 2.42 bits per heavy atom. The number of para-hydroxylation sites is 1. The number of hydrogen-bond donors (Lipinski definition) is 1. The fourth-order valence-corrected chi connectivity index (χ4v) is 4.17. The third kappa shape index (κ3) is 4.32. The summed E-state index contributed by atoms with van der Waals surface area (Å²) in [4.78, 5) is 39.2. The van der Waals surface area contributed by atoms with E-state index in [2.05, 4.69) is 5.32 Å². The molecule has 8 heteroatoms. The SMILES string of the molecule is O=C1NC(=O)N(c2ccccc2F)C(=O)/C1=C\c1c(OCc2ccccc2Cl)ccc2ccccc12. The molecule has 0 bridgehead atoms. The average molecular weight is 501 g/mol. The molecule has 1 aliphatic heterocycles. The highest BCUT2D eigenvalue weighted by Gasteiger charge is 2.38. The lowest BCUT2D eigenvalue weighted by Gasteiger charge is -2.26. The number of fused-ring (bicyclic) bond motifs is 1. The first kappa shape index (κ1) is 23.3. The van der Waals surface area contributed by atoms with Crippen LogP contribution in [0.3, 0.4) is 0 Å². The Balaban J connectivity index is 1.60. The second kappa shape index (κ2) is 9.64. The summed E-state index contributed by atoms with van der Waals surface area (Å²) in [6.07, 6.45) is 1.36.